The third kappa shape index (κ3) is 3.26. The molecule has 0 atom stereocenters. The highest BCUT2D eigenvalue weighted by Gasteiger charge is 2.30. The van der Waals surface area contributed by atoms with Gasteiger partial charge in [-0.05, 0) is 25.0 Å². The average Bonchev–Trinajstić information content (AvgIpc) is 3.30. The summed E-state index contributed by atoms with van der Waals surface area (Å²) in [4.78, 5) is 38.7. The van der Waals surface area contributed by atoms with Gasteiger partial charge in [-0.1, -0.05) is 18.2 Å². The Labute approximate surface area is 174 Å². The van der Waals surface area contributed by atoms with Crippen molar-refractivity contribution in [2.45, 2.75) is 19.4 Å². The van der Waals surface area contributed by atoms with Crippen molar-refractivity contribution in [2.75, 3.05) is 31.1 Å². The third-order valence-corrected chi connectivity index (χ3v) is 5.99. The van der Waals surface area contributed by atoms with Gasteiger partial charge >= 0.3 is 0 Å². The molecule has 1 aromatic carbocycles. The van der Waals surface area contributed by atoms with Crippen LogP contribution in [0.1, 0.15) is 22.5 Å². The summed E-state index contributed by atoms with van der Waals surface area (Å²) < 4.78 is 1.75. The lowest BCUT2D eigenvalue weighted by Crippen LogP contribution is -2.49. The quantitative estimate of drug-likeness (QED) is 0.673. The van der Waals surface area contributed by atoms with Crippen LogP contribution in [-0.2, 0) is 13.0 Å². The molecule has 2 aliphatic rings. The molecule has 4 heterocycles. The summed E-state index contributed by atoms with van der Waals surface area (Å²) in [5.41, 5.74) is 3.94. The normalized spacial score (nSPS) is 15.9. The van der Waals surface area contributed by atoms with Crippen LogP contribution in [0.25, 0.3) is 11.1 Å². The highest BCUT2D eigenvalue weighted by atomic mass is 16.2. The Kier molecular flexibility index (Phi) is 4.78. The number of nitrogens with zero attached hydrogens (tertiary/aromatic N) is 5. The monoisotopic (exact) mass is 401 g/mol. The van der Waals surface area contributed by atoms with Gasteiger partial charge in [-0.15, -0.1) is 0 Å². The van der Waals surface area contributed by atoms with Crippen molar-refractivity contribution < 1.29 is 4.79 Å². The van der Waals surface area contributed by atoms with Crippen molar-refractivity contribution in [1.29, 1.82) is 0 Å². The number of pyridine rings is 1. The second-order valence-electron chi connectivity index (χ2n) is 7.72. The van der Waals surface area contributed by atoms with Gasteiger partial charge in [0.25, 0.3) is 11.5 Å². The molecule has 0 spiro atoms. The van der Waals surface area contributed by atoms with E-state index in [0.717, 1.165) is 31.6 Å². The summed E-state index contributed by atoms with van der Waals surface area (Å²) in [7, 11) is 0. The van der Waals surface area contributed by atoms with Crippen LogP contribution in [0.5, 0.6) is 0 Å². The summed E-state index contributed by atoms with van der Waals surface area (Å²) in [5.74, 6) is -0.00721. The number of anilines is 1. The van der Waals surface area contributed by atoms with E-state index in [9.17, 15) is 9.59 Å². The molecule has 3 aromatic rings. The van der Waals surface area contributed by atoms with Crippen LogP contribution < -0.4 is 10.5 Å². The zero-order chi connectivity index (χ0) is 20.5. The lowest BCUT2D eigenvalue weighted by molar-refractivity contribution is 0.0745. The Hall–Kier alpha value is -3.48. The SMILES string of the molecule is O=C(c1c(-c2cncnc2)cc(=O)n2c1CCC2)N1CCN(c2ccccc2)CC1. The lowest BCUT2D eigenvalue weighted by Gasteiger charge is -2.36. The van der Waals surface area contributed by atoms with Gasteiger partial charge in [-0.2, -0.15) is 0 Å². The zero-order valence-corrected chi connectivity index (χ0v) is 16.7. The largest absolute Gasteiger partial charge is 0.368 e. The van der Waals surface area contributed by atoms with Crippen molar-refractivity contribution in [1.82, 2.24) is 19.4 Å². The van der Waals surface area contributed by atoms with Crippen LogP contribution in [0.3, 0.4) is 0 Å². The molecule has 0 unspecified atom stereocenters. The van der Waals surface area contributed by atoms with Gasteiger partial charge in [0.05, 0.1) is 5.56 Å². The maximum absolute atomic E-state index is 13.7. The Morgan fingerprint density at radius 2 is 1.67 bits per heavy atom. The first-order chi connectivity index (χ1) is 14.7. The molecule has 0 radical (unpaired) electrons. The molecular formula is C23H23N5O2. The zero-order valence-electron chi connectivity index (χ0n) is 16.7. The van der Waals surface area contributed by atoms with Crippen molar-refractivity contribution >= 4 is 11.6 Å². The number of aromatic nitrogens is 3. The van der Waals surface area contributed by atoms with Crippen molar-refractivity contribution in [2.24, 2.45) is 0 Å². The smallest absolute Gasteiger partial charge is 0.256 e. The molecule has 0 saturated carbocycles. The molecule has 0 aliphatic carbocycles. The Bertz CT molecular complexity index is 1120. The molecule has 152 valence electrons. The van der Waals surface area contributed by atoms with E-state index in [1.807, 2.05) is 23.1 Å². The first-order valence-electron chi connectivity index (χ1n) is 10.3. The van der Waals surface area contributed by atoms with Crippen LogP contribution in [-0.4, -0.2) is 51.5 Å². The van der Waals surface area contributed by atoms with Crippen molar-refractivity contribution in [3.8, 4) is 11.1 Å². The first-order valence-corrected chi connectivity index (χ1v) is 10.3. The predicted octanol–water partition coefficient (Wildman–Crippen LogP) is 2.21. The van der Waals surface area contributed by atoms with Gasteiger partial charge in [0, 0.05) is 73.7 Å². The fourth-order valence-corrected chi connectivity index (χ4v) is 4.48. The van der Waals surface area contributed by atoms with Gasteiger partial charge in [-0.3, -0.25) is 9.59 Å². The van der Waals surface area contributed by atoms with E-state index in [1.165, 1.54) is 12.0 Å². The number of rotatable bonds is 3. The topological polar surface area (TPSA) is 71.3 Å². The number of benzene rings is 1. The number of para-hydroxylation sites is 1. The molecule has 7 heteroatoms. The molecule has 1 fully saturated rings. The maximum atomic E-state index is 13.7. The van der Waals surface area contributed by atoms with Crippen molar-refractivity contribution in [3.05, 3.63) is 76.7 Å². The molecular weight excluding hydrogens is 378 g/mol. The van der Waals surface area contributed by atoms with E-state index in [0.29, 0.717) is 36.3 Å². The van der Waals surface area contributed by atoms with Crippen LogP contribution in [0.2, 0.25) is 0 Å². The summed E-state index contributed by atoms with van der Waals surface area (Å²) in [6, 6.07) is 11.8. The Morgan fingerprint density at radius 3 is 2.40 bits per heavy atom. The Morgan fingerprint density at radius 1 is 0.933 bits per heavy atom. The molecule has 2 aliphatic heterocycles. The number of piperazine rings is 1. The molecule has 2 aromatic heterocycles. The molecule has 5 rings (SSSR count). The average molecular weight is 401 g/mol. The Balaban J connectivity index is 1.48. The van der Waals surface area contributed by atoms with Gasteiger partial charge in [0.15, 0.2) is 0 Å². The van der Waals surface area contributed by atoms with Gasteiger partial charge in [-0.25, -0.2) is 9.97 Å². The number of hydrogen-bond acceptors (Lipinski definition) is 5. The van der Waals surface area contributed by atoms with Gasteiger partial charge in [0.1, 0.15) is 6.33 Å². The van der Waals surface area contributed by atoms with Crippen LogP contribution in [0.15, 0.2) is 59.9 Å². The molecule has 1 saturated heterocycles. The molecule has 1 amide bonds. The number of carbonyl (C=O) groups excluding carboxylic acids is 1. The lowest BCUT2D eigenvalue weighted by atomic mass is 9.98. The van der Waals surface area contributed by atoms with E-state index < -0.39 is 0 Å². The number of fused-ring (bicyclic) bond motifs is 1. The second kappa shape index (κ2) is 7.74. The minimum absolute atomic E-state index is 0.00721. The van der Waals surface area contributed by atoms with Crippen molar-refractivity contribution in [3.63, 3.8) is 0 Å². The summed E-state index contributed by atoms with van der Waals surface area (Å²) >= 11 is 0. The summed E-state index contributed by atoms with van der Waals surface area (Å²) in [5, 5.41) is 0. The molecule has 0 bridgehead atoms. The van der Waals surface area contributed by atoms with E-state index in [4.69, 9.17) is 0 Å². The maximum Gasteiger partial charge on any atom is 0.256 e. The minimum atomic E-state index is -0.0631. The molecule has 7 nitrogen and oxygen atoms in total. The predicted molar refractivity (Wildman–Crippen MR) is 115 cm³/mol. The first kappa shape index (κ1) is 18.5. The summed E-state index contributed by atoms with van der Waals surface area (Å²) in [6.07, 6.45) is 6.40. The third-order valence-electron chi connectivity index (χ3n) is 5.99. The fourth-order valence-electron chi connectivity index (χ4n) is 4.48. The fraction of sp³-hybridized carbons (Fsp3) is 0.304. The second-order valence-corrected chi connectivity index (χ2v) is 7.72. The van der Waals surface area contributed by atoms with E-state index >= 15 is 0 Å². The highest BCUT2D eigenvalue weighted by Crippen LogP contribution is 2.29. The van der Waals surface area contributed by atoms with Gasteiger partial charge in [0.2, 0.25) is 0 Å². The number of hydrogen-bond donors (Lipinski definition) is 0. The van der Waals surface area contributed by atoms with E-state index in [-0.39, 0.29) is 11.5 Å². The molecule has 30 heavy (non-hydrogen) atoms. The van der Waals surface area contributed by atoms with Crippen LogP contribution in [0.4, 0.5) is 5.69 Å². The van der Waals surface area contributed by atoms with Crippen LogP contribution >= 0.6 is 0 Å². The highest BCUT2D eigenvalue weighted by molar-refractivity contribution is 6.02. The van der Waals surface area contributed by atoms with Gasteiger partial charge < -0.3 is 14.4 Å². The minimum Gasteiger partial charge on any atom is -0.368 e. The standard InChI is InChI=1S/C23H23N5O2/c29-21-13-19(17-14-24-16-25-15-17)22(20-7-4-8-28(20)21)23(30)27-11-9-26(10-12-27)18-5-2-1-3-6-18/h1-3,5-6,13-16H,4,7-12H2. The van der Waals surface area contributed by atoms with E-state index in [2.05, 4.69) is 27.0 Å². The van der Waals surface area contributed by atoms with E-state index in [1.54, 1.807) is 23.0 Å². The van der Waals surface area contributed by atoms with Crippen LogP contribution in [0, 0.1) is 0 Å². The number of carbonyl (C=O) groups is 1. The number of amides is 1. The summed E-state index contributed by atoms with van der Waals surface area (Å²) in [6.45, 7) is 3.54. The molecule has 0 N–H and O–H groups in total.